The number of carbonyl (C=O) groups excluding carboxylic acids is 1. The van der Waals surface area contributed by atoms with Crippen LogP contribution in [-0.2, 0) is 4.79 Å². The molecule has 5 nitrogen and oxygen atoms in total. The number of carbonyl (C=O) groups is 1. The van der Waals surface area contributed by atoms with Crippen LogP contribution >= 0.6 is 0 Å². The number of hydrogen-bond acceptors (Lipinski definition) is 4. The van der Waals surface area contributed by atoms with Crippen molar-refractivity contribution >= 4 is 5.91 Å². The van der Waals surface area contributed by atoms with Crippen LogP contribution in [0.1, 0.15) is 12.8 Å². The summed E-state index contributed by atoms with van der Waals surface area (Å²) in [6, 6.07) is 0. The molecule has 5 heteroatoms. The van der Waals surface area contributed by atoms with E-state index in [0.717, 1.165) is 38.3 Å². The van der Waals surface area contributed by atoms with Gasteiger partial charge in [-0.3, -0.25) is 9.80 Å². The third-order valence-corrected chi connectivity index (χ3v) is 3.36. The number of hydrogen-bond donors (Lipinski definition) is 1. The molecule has 1 saturated heterocycles. The zero-order chi connectivity index (χ0) is 11.8. The first-order chi connectivity index (χ1) is 8.27. The summed E-state index contributed by atoms with van der Waals surface area (Å²) in [6.07, 6.45) is 10.1. The van der Waals surface area contributed by atoms with E-state index in [9.17, 15) is 4.79 Å². The normalized spacial score (nSPS) is 26.9. The van der Waals surface area contributed by atoms with Crippen LogP contribution in [0.4, 0.5) is 0 Å². The molecule has 0 saturated carbocycles. The van der Waals surface area contributed by atoms with Gasteiger partial charge in [-0.05, 0) is 25.0 Å². The third kappa shape index (κ3) is 1.63. The molecule has 3 rings (SSSR count). The number of amides is 1. The molecule has 0 aliphatic carbocycles. The Hall–Kier alpha value is -1.75. The molecule has 2 bridgehead atoms. The summed E-state index contributed by atoms with van der Waals surface area (Å²) in [5, 5.41) is 4.29. The van der Waals surface area contributed by atoms with Crippen LogP contribution in [-0.4, -0.2) is 40.6 Å². The first kappa shape index (κ1) is 10.4. The molecule has 0 aromatic heterocycles. The Balaban J connectivity index is 2.09. The molecule has 3 aliphatic heterocycles. The fourth-order valence-corrected chi connectivity index (χ4v) is 2.61. The van der Waals surface area contributed by atoms with E-state index in [4.69, 9.17) is 5.73 Å². The quantitative estimate of drug-likeness (QED) is 0.709. The maximum atomic E-state index is 11.6. The van der Waals surface area contributed by atoms with Crippen LogP contribution in [0.2, 0.25) is 0 Å². The third-order valence-electron chi connectivity index (χ3n) is 3.36. The minimum Gasteiger partial charge on any atom is -0.364 e. The number of nitrogens with two attached hydrogens (primary N) is 1. The molecule has 3 aliphatic rings. The van der Waals surface area contributed by atoms with Gasteiger partial charge in [-0.2, -0.15) is 5.01 Å². The number of hydrazine groups is 1. The van der Waals surface area contributed by atoms with E-state index in [0.29, 0.717) is 5.70 Å². The van der Waals surface area contributed by atoms with E-state index in [1.165, 1.54) is 0 Å². The topological polar surface area (TPSA) is 52.8 Å². The average molecular weight is 232 g/mol. The number of primary amides is 1. The Morgan fingerprint density at radius 2 is 2.06 bits per heavy atom. The molecule has 17 heavy (non-hydrogen) atoms. The molecule has 3 heterocycles. The van der Waals surface area contributed by atoms with E-state index < -0.39 is 0 Å². The number of rotatable bonds is 1. The molecule has 0 aromatic carbocycles. The van der Waals surface area contributed by atoms with Crippen molar-refractivity contribution in [1.29, 1.82) is 0 Å². The maximum absolute atomic E-state index is 11.6. The highest BCUT2D eigenvalue weighted by atomic mass is 16.1. The Labute approximate surface area is 100 Å². The maximum Gasteiger partial charge on any atom is 0.267 e. The smallest absolute Gasteiger partial charge is 0.267 e. The van der Waals surface area contributed by atoms with E-state index in [-0.39, 0.29) is 5.91 Å². The van der Waals surface area contributed by atoms with Crippen LogP contribution < -0.4 is 5.73 Å². The largest absolute Gasteiger partial charge is 0.364 e. The summed E-state index contributed by atoms with van der Waals surface area (Å²) in [7, 11) is 0. The zero-order valence-corrected chi connectivity index (χ0v) is 9.67. The highest BCUT2D eigenvalue weighted by Gasteiger charge is 2.33. The van der Waals surface area contributed by atoms with Crippen molar-refractivity contribution in [3.63, 3.8) is 0 Å². The molecule has 2 N–H and O–H groups in total. The van der Waals surface area contributed by atoms with Crippen LogP contribution in [0, 0.1) is 0 Å². The second kappa shape index (κ2) is 3.92. The van der Waals surface area contributed by atoms with Crippen LogP contribution in [0.5, 0.6) is 0 Å². The van der Waals surface area contributed by atoms with E-state index >= 15 is 0 Å². The summed E-state index contributed by atoms with van der Waals surface area (Å²) in [4.78, 5) is 13.7. The first-order valence-corrected chi connectivity index (χ1v) is 5.95. The Kier molecular flexibility index (Phi) is 2.40. The van der Waals surface area contributed by atoms with Crippen molar-refractivity contribution in [1.82, 2.24) is 14.9 Å². The molecule has 0 spiro atoms. The highest BCUT2D eigenvalue weighted by Crippen LogP contribution is 2.29. The lowest BCUT2D eigenvalue weighted by Crippen LogP contribution is -2.52. The fraction of sp³-hybridized carbons (Fsp3) is 0.417. The lowest BCUT2D eigenvalue weighted by Gasteiger charge is -2.44. The molecule has 1 amide bonds. The molecule has 1 unspecified atom stereocenters. The minimum absolute atomic E-state index is 0.341. The predicted octanol–water partition coefficient (Wildman–Crippen LogP) is 0.353. The Morgan fingerprint density at radius 1 is 1.24 bits per heavy atom. The van der Waals surface area contributed by atoms with Gasteiger partial charge < -0.3 is 10.6 Å². The second-order valence-corrected chi connectivity index (χ2v) is 4.49. The van der Waals surface area contributed by atoms with Gasteiger partial charge in [0.25, 0.3) is 5.91 Å². The van der Waals surface area contributed by atoms with E-state index in [1.807, 2.05) is 29.4 Å². The van der Waals surface area contributed by atoms with Gasteiger partial charge in [0.1, 0.15) is 5.70 Å². The van der Waals surface area contributed by atoms with Crippen LogP contribution in [0.25, 0.3) is 0 Å². The minimum atomic E-state index is -0.341. The Morgan fingerprint density at radius 3 is 2.88 bits per heavy atom. The van der Waals surface area contributed by atoms with Crippen LogP contribution in [0.3, 0.4) is 0 Å². The van der Waals surface area contributed by atoms with Crippen molar-refractivity contribution < 1.29 is 4.79 Å². The van der Waals surface area contributed by atoms with Crippen molar-refractivity contribution in [3.05, 3.63) is 35.8 Å². The molecule has 0 radical (unpaired) electrons. The standard InChI is InChI=1S/C12H16N4O/c13-12(17)11-10-5-1-2-8-16(10)15-7-4-3-6-14(11)9-15/h1-2,5,8H,3-4,6-7,9H2,(H2,13,17). The van der Waals surface area contributed by atoms with Crippen LogP contribution in [0.15, 0.2) is 35.8 Å². The van der Waals surface area contributed by atoms with Gasteiger partial charge >= 0.3 is 0 Å². The molecule has 90 valence electrons. The molecular weight excluding hydrogens is 216 g/mol. The van der Waals surface area contributed by atoms with Gasteiger partial charge in [0, 0.05) is 19.3 Å². The summed E-state index contributed by atoms with van der Waals surface area (Å²) < 4.78 is 0. The van der Waals surface area contributed by atoms with Gasteiger partial charge in [0.05, 0.1) is 12.4 Å². The first-order valence-electron chi connectivity index (χ1n) is 5.95. The molecule has 1 atom stereocenters. The van der Waals surface area contributed by atoms with Gasteiger partial charge in [0.2, 0.25) is 0 Å². The predicted molar refractivity (Wildman–Crippen MR) is 63.9 cm³/mol. The number of allylic oxidation sites excluding steroid dienone is 3. The lowest BCUT2D eigenvalue weighted by molar-refractivity contribution is -0.118. The molecule has 0 aromatic rings. The SMILES string of the molecule is NC(=O)C1=C2C=CC=CN2N2CCCCN1C2. The van der Waals surface area contributed by atoms with Gasteiger partial charge in [0.15, 0.2) is 0 Å². The second-order valence-electron chi connectivity index (χ2n) is 4.49. The summed E-state index contributed by atoms with van der Waals surface area (Å²) in [6.45, 7) is 2.67. The molecule has 1 fully saturated rings. The number of fused-ring (bicyclic) bond motifs is 4. The number of nitrogens with zero attached hydrogens (tertiary/aromatic N) is 3. The molecular formula is C12H16N4O. The lowest BCUT2D eigenvalue weighted by atomic mass is 10.2. The summed E-state index contributed by atoms with van der Waals surface area (Å²) in [5.41, 5.74) is 7.06. The monoisotopic (exact) mass is 232 g/mol. The zero-order valence-electron chi connectivity index (χ0n) is 9.67. The van der Waals surface area contributed by atoms with Crippen molar-refractivity contribution in [2.24, 2.45) is 5.73 Å². The summed E-state index contributed by atoms with van der Waals surface area (Å²) >= 11 is 0. The van der Waals surface area contributed by atoms with Crippen molar-refractivity contribution in [2.75, 3.05) is 19.8 Å². The van der Waals surface area contributed by atoms with Gasteiger partial charge in [-0.25, -0.2) is 0 Å². The van der Waals surface area contributed by atoms with E-state index in [2.05, 4.69) is 9.91 Å². The average Bonchev–Trinajstić information content (AvgIpc) is 2.53. The summed E-state index contributed by atoms with van der Waals surface area (Å²) in [5.74, 6) is -0.341. The highest BCUT2D eigenvalue weighted by molar-refractivity contribution is 5.92. The van der Waals surface area contributed by atoms with Crippen molar-refractivity contribution in [2.45, 2.75) is 12.8 Å². The fourth-order valence-electron chi connectivity index (χ4n) is 2.61. The van der Waals surface area contributed by atoms with Crippen molar-refractivity contribution in [3.8, 4) is 0 Å². The van der Waals surface area contributed by atoms with Gasteiger partial charge in [-0.1, -0.05) is 6.08 Å². The van der Waals surface area contributed by atoms with E-state index in [1.54, 1.807) is 0 Å². The Bertz CT molecular complexity index is 438. The van der Waals surface area contributed by atoms with Gasteiger partial charge in [-0.15, -0.1) is 0 Å².